The summed E-state index contributed by atoms with van der Waals surface area (Å²) in [4.78, 5) is 17.2. The van der Waals surface area contributed by atoms with Gasteiger partial charge in [0.15, 0.2) is 11.0 Å². The minimum absolute atomic E-state index is 0.0866. The first kappa shape index (κ1) is 20.9. The maximum Gasteiger partial charge on any atom is 0.234 e. The highest BCUT2D eigenvalue weighted by Crippen LogP contribution is 2.32. The van der Waals surface area contributed by atoms with Crippen molar-refractivity contribution in [1.82, 2.24) is 19.7 Å². The smallest absolute Gasteiger partial charge is 0.234 e. The van der Waals surface area contributed by atoms with Crippen molar-refractivity contribution < 1.29 is 4.79 Å². The fourth-order valence-electron chi connectivity index (χ4n) is 3.64. The predicted octanol–water partition coefficient (Wildman–Crippen LogP) is 5.43. The largest absolute Gasteiger partial charge is 0.325 e. The van der Waals surface area contributed by atoms with Gasteiger partial charge in [-0.05, 0) is 24.3 Å². The van der Waals surface area contributed by atoms with E-state index < -0.39 is 0 Å². The molecule has 0 aliphatic rings. The van der Waals surface area contributed by atoms with E-state index in [1.54, 1.807) is 0 Å². The molecule has 3 aromatic carbocycles. The Labute approximate surface area is 195 Å². The molecular weight excluding hydrogens is 430 g/mol. The van der Waals surface area contributed by atoms with Gasteiger partial charge < -0.3 is 9.88 Å². The van der Waals surface area contributed by atoms with E-state index in [-0.39, 0.29) is 11.7 Å². The molecule has 0 fully saturated rings. The molecule has 0 radical (unpaired) electrons. The lowest BCUT2D eigenvalue weighted by Gasteiger charge is -2.10. The van der Waals surface area contributed by atoms with Crippen molar-refractivity contribution in [1.29, 1.82) is 0 Å². The van der Waals surface area contributed by atoms with Gasteiger partial charge in [0.05, 0.1) is 17.0 Å². The number of nitrogens with one attached hydrogen (secondary N) is 1. The number of hydrogen-bond acceptors (Lipinski definition) is 5. The van der Waals surface area contributed by atoms with Gasteiger partial charge >= 0.3 is 0 Å². The number of amides is 1. The Morgan fingerprint density at radius 3 is 2.39 bits per heavy atom. The minimum Gasteiger partial charge on any atom is -0.325 e. The number of carbonyl (C=O) groups excluding carboxylic acids is 1. The molecule has 0 saturated carbocycles. The number of hydrogen-bond donors (Lipinski definition) is 1. The summed E-state index contributed by atoms with van der Waals surface area (Å²) >= 11 is 1.36. The van der Waals surface area contributed by atoms with Gasteiger partial charge in [-0.1, -0.05) is 78.5 Å². The molecule has 6 nitrogen and oxygen atoms in total. The van der Waals surface area contributed by atoms with Crippen LogP contribution in [-0.4, -0.2) is 31.4 Å². The average molecular weight is 452 g/mol. The molecule has 1 amide bonds. The van der Waals surface area contributed by atoms with E-state index in [1.165, 1.54) is 11.8 Å². The fourth-order valence-corrected chi connectivity index (χ4v) is 4.35. The lowest BCUT2D eigenvalue weighted by atomic mass is 10.0. The second-order valence-electron chi connectivity index (χ2n) is 7.51. The number of aromatic nitrogens is 4. The summed E-state index contributed by atoms with van der Waals surface area (Å²) in [5.41, 5.74) is 4.55. The van der Waals surface area contributed by atoms with Crippen LogP contribution >= 0.6 is 11.8 Å². The maximum atomic E-state index is 12.4. The zero-order valence-electron chi connectivity index (χ0n) is 18.0. The van der Waals surface area contributed by atoms with E-state index in [9.17, 15) is 4.79 Å². The zero-order valence-corrected chi connectivity index (χ0v) is 18.8. The second kappa shape index (κ2) is 9.26. The van der Waals surface area contributed by atoms with E-state index in [0.29, 0.717) is 5.16 Å². The van der Waals surface area contributed by atoms with Crippen molar-refractivity contribution in [2.24, 2.45) is 7.05 Å². The van der Waals surface area contributed by atoms with Crippen LogP contribution in [-0.2, 0) is 11.8 Å². The summed E-state index contributed by atoms with van der Waals surface area (Å²) in [6, 6.07) is 29.6. The number of fused-ring (bicyclic) bond motifs is 1. The molecule has 0 saturated heterocycles. The summed E-state index contributed by atoms with van der Waals surface area (Å²) in [7, 11) is 1.92. The first-order valence-electron chi connectivity index (χ1n) is 10.5. The van der Waals surface area contributed by atoms with Crippen LogP contribution < -0.4 is 5.32 Å². The first-order chi connectivity index (χ1) is 16.2. The van der Waals surface area contributed by atoms with Crippen molar-refractivity contribution in [3.05, 3.63) is 91.0 Å². The van der Waals surface area contributed by atoms with Gasteiger partial charge in [0, 0.05) is 29.2 Å². The normalized spacial score (nSPS) is 10.9. The highest BCUT2D eigenvalue weighted by molar-refractivity contribution is 7.99. The standard InChI is InChI=1S/C26H21N5OS/c1-31-25(29-30-26(31)33-17-24(32)27-19-12-6-3-7-13-19)21-16-23(18-10-4-2-5-11-18)28-22-15-9-8-14-20(21)22/h2-16H,17H2,1H3,(H,27,32). The lowest BCUT2D eigenvalue weighted by Crippen LogP contribution is -2.14. The summed E-state index contributed by atoms with van der Waals surface area (Å²) in [5, 5.41) is 13.4. The molecule has 2 aromatic heterocycles. The van der Waals surface area contributed by atoms with Gasteiger partial charge in [-0.3, -0.25) is 4.79 Å². The van der Waals surface area contributed by atoms with E-state index >= 15 is 0 Å². The molecule has 162 valence electrons. The Morgan fingerprint density at radius 1 is 0.909 bits per heavy atom. The van der Waals surface area contributed by atoms with Crippen molar-refractivity contribution in [2.45, 2.75) is 5.16 Å². The van der Waals surface area contributed by atoms with Gasteiger partial charge in [-0.25, -0.2) is 4.98 Å². The van der Waals surface area contributed by atoms with Crippen LogP contribution in [0.25, 0.3) is 33.5 Å². The molecule has 0 aliphatic carbocycles. The van der Waals surface area contributed by atoms with Gasteiger partial charge in [-0.15, -0.1) is 10.2 Å². The first-order valence-corrected chi connectivity index (χ1v) is 11.5. The lowest BCUT2D eigenvalue weighted by molar-refractivity contribution is -0.113. The third kappa shape index (κ3) is 4.49. The molecule has 5 rings (SSSR count). The van der Waals surface area contributed by atoms with Crippen LogP contribution in [0.3, 0.4) is 0 Å². The number of nitrogens with zero attached hydrogens (tertiary/aromatic N) is 4. The Bertz CT molecular complexity index is 1420. The Hall–Kier alpha value is -3.97. The SMILES string of the molecule is Cn1c(SCC(=O)Nc2ccccc2)nnc1-c1cc(-c2ccccc2)nc2ccccc12. The highest BCUT2D eigenvalue weighted by atomic mass is 32.2. The van der Waals surface area contributed by atoms with Crippen molar-refractivity contribution in [3.8, 4) is 22.6 Å². The van der Waals surface area contributed by atoms with Gasteiger partial charge in [-0.2, -0.15) is 0 Å². The number of carbonyl (C=O) groups is 1. The maximum absolute atomic E-state index is 12.4. The third-order valence-corrected chi connectivity index (χ3v) is 6.27. The number of benzene rings is 3. The summed E-state index contributed by atoms with van der Waals surface area (Å²) in [6.45, 7) is 0. The monoisotopic (exact) mass is 451 g/mol. The topological polar surface area (TPSA) is 72.7 Å². The predicted molar refractivity (Wildman–Crippen MR) is 133 cm³/mol. The molecule has 1 N–H and O–H groups in total. The van der Waals surface area contributed by atoms with E-state index in [2.05, 4.69) is 21.6 Å². The number of rotatable bonds is 6. The minimum atomic E-state index is -0.0866. The van der Waals surface area contributed by atoms with E-state index in [4.69, 9.17) is 4.98 Å². The van der Waals surface area contributed by atoms with Crippen LogP contribution in [0, 0.1) is 0 Å². The van der Waals surface area contributed by atoms with E-state index in [0.717, 1.165) is 39.2 Å². The molecule has 7 heteroatoms. The number of thioether (sulfide) groups is 1. The molecule has 0 bridgehead atoms. The van der Waals surface area contributed by atoms with Gasteiger partial charge in [0.1, 0.15) is 0 Å². The van der Waals surface area contributed by atoms with Crippen molar-refractivity contribution >= 4 is 34.3 Å². The van der Waals surface area contributed by atoms with Crippen LogP contribution in [0.4, 0.5) is 5.69 Å². The van der Waals surface area contributed by atoms with Gasteiger partial charge in [0.2, 0.25) is 5.91 Å². The number of para-hydroxylation sites is 2. The molecule has 0 aliphatic heterocycles. The summed E-state index contributed by atoms with van der Waals surface area (Å²) in [5.74, 6) is 0.890. The molecule has 2 heterocycles. The Kier molecular flexibility index (Phi) is 5.87. The van der Waals surface area contributed by atoms with Crippen molar-refractivity contribution in [3.63, 3.8) is 0 Å². The third-order valence-electron chi connectivity index (χ3n) is 5.25. The molecular formula is C26H21N5OS. The quantitative estimate of drug-likeness (QED) is 0.349. The molecule has 0 unspecified atom stereocenters. The molecule has 0 atom stereocenters. The van der Waals surface area contributed by atoms with E-state index in [1.807, 2.05) is 96.5 Å². The average Bonchev–Trinajstić information content (AvgIpc) is 3.23. The second-order valence-corrected chi connectivity index (χ2v) is 8.45. The van der Waals surface area contributed by atoms with Crippen LogP contribution in [0.1, 0.15) is 0 Å². The Morgan fingerprint density at radius 2 is 1.61 bits per heavy atom. The van der Waals surface area contributed by atoms with Crippen LogP contribution in [0.2, 0.25) is 0 Å². The number of anilines is 1. The van der Waals surface area contributed by atoms with Crippen LogP contribution in [0.15, 0.2) is 96.2 Å². The fraction of sp³-hybridized carbons (Fsp3) is 0.0769. The molecule has 33 heavy (non-hydrogen) atoms. The van der Waals surface area contributed by atoms with Crippen LogP contribution in [0.5, 0.6) is 0 Å². The van der Waals surface area contributed by atoms with Crippen molar-refractivity contribution in [2.75, 3.05) is 11.1 Å². The zero-order chi connectivity index (χ0) is 22.6. The summed E-state index contributed by atoms with van der Waals surface area (Å²) < 4.78 is 1.93. The molecule has 5 aromatic rings. The number of pyridine rings is 1. The summed E-state index contributed by atoms with van der Waals surface area (Å²) in [6.07, 6.45) is 0. The van der Waals surface area contributed by atoms with Gasteiger partial charge in [0.25, 0.3) is 0 Å². The molecule has 0 spiro atoms. The highest BCUT2D eigenvalue weighted by Gasteiger charge is 2.17. The Balaban J connectivity index is 1.44.